The number of fused-ring (bicyclic) bond motifs is 1. The molecule has 1 heterocycles. The number of hydrogen-bond acceptors (Lipinski definition) is 5. The Balaban J connectivity index is 1.37. The van der Waals surface area contributed by atoms with Crippen molar-refractivity contribution in [3.63, 3.8) is 0 Å². The number of nitrogens with one attached hydrogen (secondary N) is 1. The summed E-state index contributed by atoms with van der Waals surface area (Å²) in [6, 6.07) is 5.72. The Kier molecular flexibility index (Phi) is 4.29. The van der Waals surface area contributed by atoms with Gasteiger partial charge in [-0.05, 0) is 49.4 Å². The van der Waals surface area contributed by atoms with E-state index in [0.717, 1.165) is 17.5 Å². The molecule has 1 aromatic rings. The second-order valence-corrected chi connectivity index (χ2v) is 8.55. The maximum atomic E-state index is 12.5. The van der Waals surface area contributed by atoms with Gasteiger partial charge in [0.2, 0.25) is 0 Å². The van der Waals surface area contributed by atoms with Crippen molar-refractivity contribution in [3.05, 3.63) is 29.3 Å². The number of ether oxygens (including phenoxy) is 2. The van der Waals surface area contributed by atoms with E-state index < -0.39 is 23.7 Å². The van der Waals surface area contributed by atoms with Gasteiger partial charge in [-0.1, -0.05) is 22.0 Å². The predicted molar refractivity (Wildman–Crippen MR) is 96.7 cm³/mol. The molecule has 1 amide bonds. The highest BCUT2D eigenvalue weighted by Crippen LogP contribution is 2.60. The van der Waals surface area contributed by atoms with Crippen LogP contribution in [0.5, 0.6) is 0 Å². The molecular weight excluding hydrogens is 402 g/mol. The van der Waals surface area contributed by atoms with Gasteiger partial charge in [-0.2, -0.15) is 0 Å². The normalized spacial score (nSPS) is 33.9. The number of aryl methyl sites for hydroxylation is 2. The molecule has 0 radical (unpaired) electrons. The summed E-state index contributed by atoms with van der Waals surface area (Å²) in [6.45, 7) is 3.53. The van der Waals surface area contributed by atoms with Crippen molar-refractivity contribution < 1.29 is 23.9 Å². The van der Waals surface area contributed by atoms with Crippen LogP contribution in [0.2, 0.25) is 0 Å². The van der Waals surface area contributed by atoms with Crippen LogP contribution in [-0.2, 0) is 23.9 Å². The second-order valence-electron chi connectivity index (χ2n) is 7.49. The van der Waals surface area contributed by atoms with E-state index in [9.17, 15) is 14.4 Å². The minimum Gasteiger partial charge on any atom is -0.461 e. The van der Waals surface area contributed by atoms with Crippen LogP contribution in [0, 0.1) is 37.5 Å². The fourth-order valence-electron chi connectivity index (χ4n) is 4.77. The molecule has 1 saturated heterocycles. The summed E-state index contributed by atoms with van der Waals surface area (Å²) in [5, 5.41) is 2.74. The number of benzene rings is 1. The highest BCUT2D eigenvalue weighted by molar-refractivity contribution is 9.09. The first-order valence-corrected chi connectivity index (χ1v) is 9.66. The molecule has 3 fully saturated rings. The Bertz CT molecular complexity index is 774. The summed E-state index contributed by atoms with van der Waals surface area (Å²) < 4.78 is 10.6. The third-order valence-electron chi connectivity index (χ3n) is 5.65. The lowest BCUT2D eigenvalue weighted by molar-refractivity contribution is -0.157. The number of carbonyl (C=O) groups excluding carboxylic acids is 3. The van der Waals surface area contributed by atoms with Crippen LogP contribution in [0.15, 0.2) is 18.2 Å². The molecule has 4 rings (SSSR count). The third kappa shape index (κ3) is 2.82. The fourth-order valence-corrected chi connectivity index (χ4v) is 5.82. The van der Waals surface area contributed by atoms with Gasteiger partial charge in [-0.15, -0.1) is 0 Å². The van der Waals surface area contributed by atoms with Crippen molar-refractivity contribution in [1.82, 2.24) is 0 Å². The molecule has 1 aromatic carbocycles. The first-order valence-electron chi connectivity index (χ1n) is 8.74. The standard InChI is InChI=1S/C19H20BrNO5/c1-8-3-9(2)5-10(4-8)21-13(22)7-25-18(23)14-11-6-12-15(14)19(24)26-17(12)16(11)20/h3-5,11-12,14-17H,6-7H2,1-2H3,(H,21,22)/t11-,12-,14-,15+,16+,17+/m1/s1. The van der Waals surface area contributed by atoms with Gasteiger partial charge in [0.1, 0.15) is 6.10 Å². The summed E-state index contributed by atoms with van der Waals surface area (Å²) in [5.41, 5.74) is 2.75. The summed E-state index contributed by atoms with van der Waals surface area (Å²) >= 11 is 3.56. The predicted octanol–water partition coefficient (Wildman–Crippen LogP) is 2.36. The quantitative estimate of drug-likeness (QED) is 0.595. The fraction of sp³-hybridized carbons (Fsp3) is 0.526. The second kappa shape index (κ2) is 6.37. The molecule has 2 bridgehead atoms. The van der Waals surface area contributed by atoms with Crippen LogP contribution in [0.3, 0.4) is 0 Å². The third-order valence-corrected chi connectivity index (χ3v) is 6.85. The number of amides is 1. The molecule has 2 aliphatic carbocycles. The summed E-state index contributed by atoms with van der Waals surface area (Å²) in [7, 11) is 0. The molecule has 1 aliphatic heterocycles. The van der Waals surface area contributed by atoms with Crippen LogP contribution in [0.25, 0.3) is 0 Å². The molecule has 1 N–H and O–H groups in total. The van der Waals surface area contributed by atoms with Crippen LogP contribution in [0.4, 0.5) is 5.69 Å². The molecule has 26 heavy (non-hydrogen) atoms. The van der Waals surface area contributed by atoms with Gasteiger partial charge in [0.15, 0.2) is 6.61 Å². The van der Waals surface area contributed by atoms with Crippen LogP contribution >= 0.6 is 15.9 Å². The van der Waals surface area contributed by atoms with Crippen molar-refractivity contribution in [2.45, 2.75) is 31.2 Å². The molecule has 138 valence electrons. The smallest absolute Gasteiger partial charge is 0.310 e. The van der Waals surface area contributed by atoms with E-state index in [1.165, 1.54) is 0 Å². The highest BCUT2D eigenvalue weighted by Gasteiger charge is 2.68. The molecule has 3 aliphatic rings. The van der Waals surface area contributed by atoms with Crippen molar-refractivity contribution in [2.75, 3.05) is 11.9 Å². The van der Waals surface area contributed by atoms with Gasteiger partial charge >= 0.3 is 11.9 Å². The Labute approximate surface area is 159 Å². The topological polar surface area (TPSA) is 81.7 Å². The van der Waals surface area contributed by atoms with Crippen LogP contribution < -0.4 is 5.32 Å². The number of hydrogen-bond donors (Lipinski definition) is 1. The van der Waals surface area contributed by atoms with E-state index in [4.69, 9.17) is 9.47 Å². The monoisotopic (exact) mass is 421 g/mol. The van der Waals surface area contributed by atoms with Crippen LogP contribution in [-0.4, -0.2) is 35.4 Å². The van der Waals surface area contributed by atoms with Crippen molar-refractivity contribution in [3.8, 4) is 0 Å². The minimum absolute atomic E-state index is 0.0168. The molecule has 2 saturated carbocycles. The largest absolute Gasteiger partial charge is 0.461 e. The molecule has 0 spiro atoms. The van der Waals surface area contributed by atoms with Gasteiger partial charge in [0.05, 0.1) is 16.7 Å². The zero-order valence-corrected chi connectivity index (χ0v) is 16.1. The lowest BCUT2D eigenvalue weighted by atomic mass is 9.80. The van der Waals surface area contributed by atoms with Gasteiger partial charge in [-0.25, -0.2) is 0 Å². The Morgan fingerprint density at radius 3 is 2.62 bits per heavy atom. The van der Waals surface area contributed by atoms with E-state index in [-0.39, 0.29) is 35.3 Å². The zero-order valence-electron chi connectivity index (χ0n) is 14.5. The number of esters is 2. The number of alkyl halides is 1. The van der Waals surface area contributed by atoms with Gasteiger partial charge in [0, 0.05) is 11.6 Å². The summed E-state index contributed by atoms with van der Waals surface area (Å²) in [4.78, 5) is 36.7. The van der Waals surface area contributed by atoms with Crippen molar-refractivity contribution in [1.29, 1.82) is 0 Å². The SMILES string of the molecule is Cc1cc(C)cc(NC(=O)COC(=O)[C@@H]2[C@H]3C[C@H]4[C@H](OC(=O)[C@@H]42)[C@H]3Br)c1. The van der Waals surface area contributed by atoms with E-state index in [1.807, 2.05) is 32.0 Å². The van der Waals surface area contributed by atoms with E-state index in [2.05, 4.69) is 21.2 Å². The number of anilines is 1. The first-order chi connectivity index (χ1) is 12.3. The Morgan fingerprint density at radius 1 is 1.23 bits per heavy atom. The van der Waals surface area contributed by atoms with Crippen molar-refractivity contribution in [2.24, 2.45) is 23.7 Å². The van der Waals surface area contributed by atoms with Crippen LogP contribution in [0.1, 0.15) is 17.5 Å². The zero-order chi connectivity index (χ0) is 18.6. The highest BCUT2D eigenvalue weighted by atomic mass is 79.9. The molecule has 0 aromatic heterocycles. The van der Waals surface area contributed by atoms with Gasteiger partial charge < -0.3 is 14.8 Å². The average molecular weight is 422 g/mol. The molecule has 0 unspecified atom stereocenters. The Morgan fingerprint density at radius 2 is 1.92 bits per heavy atom. The number of carbonyl (C=O) groups is 3. The van der Waals surface area contributed by atoms with E-state index in [0.29, 0.717) is 5.69 Å². The molecule has 6 nitrogen and oxygen atoms in total. The average Bonchev–Trinajstić information content (AvgIpc) is 3.16. The van der Waals surface area contributed by atoms with E-state index in [1.54, 1.807) is 0 Å². The molecule has 6 atom stereocenters. The summed E-state index contributed by atoms with van der Waals surface area (Å²) in [5.74, 6) is -2.03. The first kappa shape index (κ1) is 17.5. The Hall–Kier alpha value is -1.89. The molecule has 7 heteroatoms. The summed E-state index contributed by atoms with van der Waals surface area (Å²) in [6.07, 6.45) is 0.653. The minimum atomic E-state index is -0.523. The number of halogens is 1. The number of rotatable bonds is 4. The maximum absolute atomic E-state index is 12.5. The van der Waals surface area contributed by atoms with E-state index >= 15 is 0 Å². The van der Waals surface area contributed by atoms with Gasteiger partial charge in [-0.3, -0.25) is 14.4 Å². The van der Waals surface area contributed by atoms with Gasteiger partial charge in [0.25, 0.3) is 5.91 Å². The van der Waals surface area contributed by atoms with Crippen molar-refractivity contribution >= 4 is 39.5 Å². The lowest BCUT2D eigenvalue weighted by Crippen LogP contribution is -2.39. The lowest BCUT2D eigenvalue weighted by Gasteiger charge is -2.26. The molecular formula is C19H20BrNO5. The maximum Gasteiger partial charge on any atom is 0.310 e.